The summed E-state index contributed by atoms with van der Waals surface area (Å²) in [6, 6.07) is 14.6. The molecule has 0 atom stereocenters. The molecule has 2 aromatic carbocycles. The van der Waals surface area contributed by atoms with Crippen molar-refractivity contribution in [3.8, 4) is 0 Å². The molecule has 0 aromatic heterocycles. The van der Waals surface area contributed by atoms with Crippen LogP contribution < -0.4 is 5.32 Å². The summed E-state index contributed by atoms with van der Waals surface area (Å²) in [7, 11) is -3.14. The minimum absolute atomic E-state index is 0.0607. The molecular weight excluding hydrogens is 286 g/mol. The second kappa shape index (κ2) is 6.74. The molecule has 0 heterocycles. The van der Waals surface area contributed by atoms with E-state index in [1.165, 1.54) is 11.8 Å². The van der Waals surface area contributed by atoms with Crippen LogP contribution in [0.5, 0.6) is 0 Å². The first-order valence-electron chi connectivity index (χ1n) is 6.72. The van der Waals surface area contributed by atoms with E-state index in [0.29, 0.717) is 4.90 Å². The number of hydrogen-bond acceptors (Lipinski definition) is 4. The lowest BCUT2D eigenvalue weighted by atomic mass is 10.1. The first kappa shape index (κ1) is 15.5. The van der Waals surface area contributed by atoms with Gasteiger partial charge in [-0.1, -0.05) is 24.3 Å². The zero-order chi connectivity index (χ0) is 15.3. The van der Waals surface area contributed by atoms with Gasteiger partial charge < -0.3 is 10.4 Å². The lowest BCUT2D eigenvalue weighted by Crippen LogP contribution is -2.05. The van der Waals surface area contributed by atoms with Gasteiger partial charge in [-0.25, -0.2) is 8.42 Å². The fourth-order valence-electron chi connectivity index (χ4n) is 1.98. The molecular formula is C16H19NO3S. The van der Waals surface area contributed by atoms with Gasteiger partial charge in [0, 0.05) is 18.5 Å². The fourth-order valence-corrected chi connectivity index (χ4v) is 2.61. The summed E-state index contributed by atoms with van der Waals surface area (Å²) >= 11 is 0. The van der Waals surface area contributed by atoms with Crippen LogP contribution >= 0.6 is 0 Å². The van der Waals surface area contributed by atoms with Crippen LogP contribution in [0, 0.1) is 0 Å². The molecule has 2 aromatic rings. The molecule has 0 spiro atoms. The summed E-state index contributed by atoms with van der Waals surface area (Å²) in [5.74, 6) is 0. The molecule has 21 heavy (non-hydrogen) atoms. The predicted octanol–water partition coefficient (Wildman–Crippen LogP) is 2.24. The lowest BCUT2D eigenvalue weighted by molar-refractivity contribution is 0.282. The van der Waals surface area contributed by atoms with Crippen molar-refractivity contribution in [1.29, 1.82) is 0 Å². The molecule has 5 heteroatoms. The van der Waals surface area contributed by atoms with Gasteiger partial charge in [-0.3, -0.25) is 0 Å². The molecule has 2 rings (SSSR count). The summed E-state index contributed by atoms with van der Waals surface area (Å²) in [5.41, 5.74) is 2.99. The number of anilines is 1. The Morgan fingerprint density at radius 2 is 1.52 bits per heavy atom. The zero-order valence-corrected chi connectivity index (χ0v) is 12.7. The van der Waals surface area contributed by atoms with Gasteiger partial charge in [0.15, 0.2) is 9.84 Å². The highest BCUT2D eigenvalue weighted by molar-refractivity contribution is 7.90. The molecule has 0 bridgehead atoms. The smallest absolute Gasteiger partial charge is 0.175 e. The fraction of sp³-hybridized carbons (Fsp3) is 0.250. The molecule has 2 N–H and O–H groups in total. The molecule has 0 saturated heterocycles. The minimum Gasteiger partial charge on any atom is -0.392 e. The molecule has 112 valence electrons. The van der Waals surface area contributed by atoms with Crippen LogP contribution in [0.4, 0.5) is 5.69 Å². The first-order chi connectivity index (χ1) is 9.99. The van der Waals surface area contributed by atoms with E-state index in [2.05, 4.69) is 5.32 Å². The van der Waals surface area contributed by atoms with Crippen LogP contribution in [0.15, 0.2) is 53.4 Å². The van der Waals surface area contributed by atoms with Crippen molar-refractivity contribution in [2.24, 2.45) is 0 Å². The standard InChI is InChI=1S/C16H19NO3S/c1-21(19,20)16-8-6-15(7-9-16)17-11-10-13-2-4-14(12-18)5-3-13/h2-9,17-18H,10-12H2,1H3. The van der Waals surface area contributed by atoms with Gasteiger partial charge in [0.2, 0.25) is 0 Å². The van der Waals surface area contributed by atoms with Crippen molar-refractivity contribution in [2.75, 3.05) is 18.1 Å². The van der Waals surface area contributed by atoms with Gasteiger partial charge in [0.1, 0.15) is 0 Å². The SMILES string of the molecule is CS(=O)(=O)c1ccc(NCCc2ccc(CO)cc2)cc1. The van der Waals surface area contributed by atoms with Crippen molar-refractivity contribution in [1.82, 2.24) is 0 Å². The highest BCUT2D eigenvalue weighted by Crippen LogP contribution is 2.14. The quantitative estimate of drug-likeness (QED) is 0.859. The third-order valence-electron chi connectivity index (χ3n) is 3.23. The molecule has 0 saturated carbocycles. The van der Waals surface area contributed by atoms with Crippen LogP contribution in [-0.2, 0) is 22.9 Å². The Morgan fingerprint density at radius 1 is 0.952 bits per heavy atom. The van der Waals surface area contributed by atoms with Gasteiger partial charge in [0.05, 0.1) is 11.5 Å². The number of benzene rings is 2. The number of rotatable bonds is 6. The third-order valence-corrected chi connectivity index (χ3v) is 4.36. The van der Waals surface area contributed by atoms with E-state index < -0.39 is 9.84 Å². The summed E-state index contributed by atoms with van der Waals surface area (Å²) in [6.07, 6.45) is 2.06. The Kier molecular flexibility index (Phi) is 4.98. The second-order valence-electron chi connectivity index (χ2n) is 4.95. The largest absolute Gasteiger partial charge is 0.392 e. The van der Waals surface area contributed by atoms with E-state index in [1.807, 2.05) is 24.3 Å². The van der Waals surface area contributed by atoms with Crippen LogP contribution in [0.25, 0.3) is 0 Å². The Hall–Kier alpha value is -1.85. The van der Waals surface area contributed by atoms with Crippen LogP contribution in [0.2, 0.25) is 0 Å². The molecule has 0 aliphatic carbocycles. The molecule has 0 amide bonds. The second-order valence-corrected chi connectivity index (χ2v) is 6.96. The molecule has 0 aliphatic rings. The van der Waals surface area contributed by atoms with E-state index >= 15 is 0 Å². The van der Waals surface area contributed by atoms with Crippen LogP contribution in [0.3, 0.4) is 0 Å². The summed E-state index contributed by atoms with van der Waals surface area (Å²) in [6.45, 7) is 0.821. The summed E-state index contributed by atoms with van der Waals surface area (Å²) in [5, 5.41) is 12.2. The maximum atomic E-state index is 11.4. The van der Waals surface area contributed by atoms with E-state index in [4.69, 9.17) is 5.11 Å². The van der Waals surface area contributed by atoms with Crippen molar-refractivity contribution >= 4 is 15.5 Å². The molecule has 4 nitrogen and oxygen atoms in total. The number of sulfone groups is 1. The summed E-state index contributed by atoms with van der Waals surface area (Å²) < 4.78 is 22.7. The van der Waals surface area contributed by atoms with Crippen molar-refractivity contribution < 1.29 is 13.5 Å². The molecule has 0 aliphatic heterocycles. The van der Waals surface area contributed by atoms with Crippen LogP contribution in [0.1, 0.15) is 11.1 Å². The zero-order valence-electron chi connectivity index (χ0n) is 11.9. The van der Waals surface area contributed by atoms with E-state index in [0.717, 1.165) is 24.2 Å². The predicted molar refractivity (Wildman–Crippen MR) is 84.1 cm³/mol. The molecule has 0 unspecified atom stereocenters. The Balaban J connectivity index is 1.88. The highest BCUT2D eigenvalue weighted by atomic mass is 32.2. The lowest BCUT2D eigenvalue weighted by Gasteiger charge is -2.07. The van der Waals surface area contributed by atoms with Gasteiger partial charge in [0.25, 0.3) is 0 Å². The van der Waals surface area contributed by atoms with Crippen molar-refractivity contribution in [3.05, 3.63) is 59.7 Å². The van der Waals surface area contributed by atoms with E-state index in [9.17, 15) is 8.42 Å². The van der Waals surface area contributed by atoms with Crippen molar-refractivity contribution in [2.45, 2.75) is 17.9 Å². The Morgan fingerprint density at radius 3 is 2.05 bits per heavy atom. The maximum Gasteiger partial charge on any atom is 0.175 e. The maximum absolute atomic E-state index is 11.4. The number of hydrogen-bond donors (Lipinski definition) is 2. The molecule has 0 radical (unpaired) electrons. The average Bonchev–Trinajstić information content (AvgIpc) is 2.47. The van der Waals surface area contributed by atoms with Gasteiger partial charge >= 0.3 is 0 Å². The first-order valence-corrected chi connectivity index (χ1v) is 8.61. The third kappa shape index (κ3) is 4.58. The van der Waals surface area contributed by atoms with Gasteiger partial charge in [-0.05, 0) is 41.8 Å². The average molecular weight is 305 g/mol. The topological polar surface area (TPSA) is 66.4 Å². The van der Waals surface area contributed by atoms with E-state index in [1.54, 1.807) is 24.3 Å². The number of aliphatic hydroxyl groups is 1. The Labute approximate surface area is 125 Å². The monoisotopic (exact) mass is 305 g/mol. The molecule has 0 fully saturated rings. The Bertz CT molecular complexity index is 676. The normalized spacial score (nSPS) is 11.3. The van der Waals surface area contributed by atoms with Gasteiger partial charge in [-0.2, -0.15) is 0 Å². The highest BCUT2D eigenvalue weighted by Gasteiger charge is 2.05. The number of nitrogens with one attached hydrogen (secondary N) is 1. The number of aliphatic hydroxyl groups excluding tert-OH is 1. The van der Waals surface area contributed by atoms with E-state index in [-0.39, 0.29) is 6.61 Å². The summed E-state index contributed by atoms with van der Waals surface area (Å²) in [4.78, 5) is 0.327. The van der Waals surface area contributed by atoms with Gasteiger partial charge in [-0.15, -0.1) is 0 Å². The van der Waals surface area contributed by atoms with Crippen LogP contribution in [-0.4, -0.2) is 26.3 Å². The van der Waals surface area contributed by atoms with Crippen molar-refractivity contribution in [3.63, 3.8) is 0 Å². The minimum atomic E-state index is -3.14.